The molecule has 0 aromatic heterocycles. The second-order valence-electron chi connectivity index (χ2n) is 8.74. The molecule has 0 spiro atoms. The monoisotopic (exact) mass is 434 g/mol. The summed E-state index contributed by atoms with van der Waals surface area (Å²) in [4.78, 5) is 40.1. The van der Waals surface area contributed by atoms with Crippen LogP contribution in [0.5, 0.6) is 0 Å². The number of nitrogens with zero attached hydrogens (tertiary/aromatic N) is 1. The number of carbonyl (C=O) groups excluding carboxylic acids is 3. The first-order valence-electron chi connectivity index (χ1n) is 11.4. The number of anilines is 1. The van der Waals surface area contributed by atoms with Gasteiger partial charge < -0.3 is 15.0 Å². The molecule has 4 rings (SSSR count). The molecule has 2 amide bonds. The van der Waals surface area contributed by atoms with Crippen LogP contribution in [0.15, 0.2) is 48.5 Å². The van der Waals surface area contributed by atoms with Gasteiger partial charge in [-0.1, -0.05) is 60.9 Å². The summed E-state index contributed by atoms with van der Waals surface area (Å²) in [5.41, 5.74) is 4.26. The van der Waals surface area contributed by atoms with Crippen LogP contribution in [-0.4, -0.2) is 30.9 Å². The van der Waals surface area contributed by atoms with Crippen LogP contribution >= 0.6 is 0 Å². The maximum Gasteiger partial charge on any atom is 0.310 e. The predicted octanol–water partition coefficient (Wildman–Crippen LogP) is 3.55. The van der Waals surface area contributed by atoms with E-state index >= 15 is 0 Å². The molecule has 1 fully saturated rings. The van der Waals surface area contributed by atoms with E-state index in [9.17, 15) is 14.4 Å². The summed E-state index contributed by atoms with van der Waals surface area (Å²) in [6.45, 7) is 2.72. The highest BCUT2D eigenvalue weighted by Gasteiger charge is 2.40. The number of benzene rings is 2. The van der Waals surface area contributed by atoms with E-state index < -0.39 is 17.8 Å². The minimum atomic E-state index is -0.492. The number of rotatable bonds is 6. The molecule has 0 radical (unpaired) electrons. The number of fused-ring (bicyclic) bond motifs is 1. The van der Waals surface area contributed by atoms with Crippen LogP contribution in [0, 0.1) is 18.8 Å². The summed E-state index contributed by atoms with van der Waals surface area (Å²) < 4.78 is 5.34. The van der Waals surface area contributed by atoms with Crippen LogP contribution in [0.25, 0.3) is 0 Å². The normalized spacial score (nSPS) is 19.8. The Morgan fingerprint density at radius 1 is 1.00 bits per heavy atom. The van der Waals surface area contributed by atoms with Crippen molar-refractivity contribution in [1.29, 1.82) is 0 Å². The molecule has 0 saturated heterocycles. The molecule has 1 heterocycles. The number of aryl methyl sites for hydroxylation is 1. The van der Waals surface area contributed by atoms with Gasteiger partial charge in [-0.2, -0.15) is 0 Å². The number of carbonyl (C=O) groups is 3. The number of nitrogens with one attached hydrogen (secondary N) is 1. The predicted molar refractivity (Wildman–Crippen MR) is 122 cm³/mol. The topological polar surface area (TPSA) is 75.7 Å². The van der Waals surface area contributed by atoms with Crippen molar-refractivity contribution >= 4 is 23.5 Å². The molecule has 2 atom stereocenters. The van der Waals surface area contributed by atoms with Crippen LogP contribution in [-0.2, 0) is 32.1 Å². The van der Waals surface area contributed by atoms with Crippen molar-refractivity contribution in [3.05, 3.63) is 65.2 Å². The molecule has 2 unspecified atom stereocenters. The fourth-order valence-electron chi connectivity index (χ4n) is 4.68. The van der Waals surface area contributed by atoms with E-state index in [-0.39, 0.29) is 18.4 Å². The van der Waals surface area contributed by atoms with Gasteiger partial charge in [-0.05, 0) is 43.4 Å². The number of esters is 1. The average molecular weight is 435 g/mol. The van der Waals surface area contributed by atoms with Gasteiger partial charge in [0.1, 0.15) is 0 Å². The van der Waals surface area contributed by atoms with Gasteiger partial charge in [0.05, 0.1) is 11.8 Å². The second kappa shape index (κ2) is 9.98. The van der Waals surface area contributed by atoms with Crippen molar-refractivity contribution in [2.75, 3.05) is 18.1 Å². The van der Waals surface area contributed by atoms with Crippen molar-refractivity contribution in [3.63, 3.8) is 0 Å². The summed E-state index contributed by atoms with van der Waals surface area (Å²) in [5, 5.41) is 2.78. The summed E-state index contributed by atoms with van der Waals surface area (Å²) in [6, 6.07) is 15.8. The molecule has 2 aliphatic rings. The molecule has 2 aromatic rings. The van der Waals surface area contributed by atoms with Crippen molar-refractivity contribution in [2.45, 2.75) is 45.6 Å². The van der Waals surface area contributed by atoms with Crippen molar-refractivity contribution in [1.82, 2.24) is 5.32 Å². The number of hydrogen-bond acceptors (Lipinski definition) is 4. The third-order valence-electron chi connectivity index (χ3n) is 6.49. The average Bonchev–Trinajstić information content (AvgIpc) is 3.26. The smallest absolute Gasteiger partial charge is 0.310 e. The molecule has 1 aliphatic carbocycles. The Bertz CT molecular complexity index is 986. The molecular weight excluding hydrogens is 404 g/mol. The highest BCUT2D eigenvalue weighted by molar-refractivity contribution is 5.99. The lowest BCUT2D eigenvalue weighted by Gasteiger charge is -2.32. The van der Waals surface area contributed by atoms with Gasteiger partial charge >= 0.3 is 5.97 Å². The first-order valence-corrected chi connectivity index (χ1v) is 11.4. The van der Waals surface area contributed by atoms with Gasteiger partial charge in [0, 0.05) is 18.8 Å². The number of hydrogen-bond donors (Lipinski definition) is 1. The highest BCUT2D eigenvalue weighted by Crippen LogP contribution is 2.36. The quantitative estimate of drug-likeness (QED) is 0.706. The van der Waals surface area contributed by atoms with Crippen molar-refractivity contribution < 1.29 is 19.1 Å². The zero-order valence-corrected chi connectivity index (χ0v) is 18.5. The third kappa shape index (κ3) is 5.01. The summed E-state index contributed by atoms with van der Waals surface area (Å²) in [5.74, 6) is -1.67. The maximum atomic E-state index is 13.3. The number of ether oxygens (including phenoxy) is 1. The number of para-hydroxylation sites is 1. The van der Waals surface area contributed by atoms with Crippen LogP contribution < -0.4 is 10.2 Å². The molecular formula is C26H30N2O4. The van der Waals surface area contributed by atoms with Crippen LogP contribution in [0.3, 0.4) is 0 Å². The Kier molecular flexibility index (Phi) is 6.88. The molecule has 32 heavy (non-hydrogen) atoms. The van der Waals surface area contributed by atoms with Gasteiger partial charge in [0.25, 0.3) is 5.91 Å². The zero-order chi connectivity index (χ0) is 22.5. The molecule has 1 saturated carbocycles. The molecule has 1 aliphatic heterocycles. The molecule has 6 nitrogen and oxygen atoms in total. The van der Waals surface area contributed by atoms with Gasteiger partial charge in [-0.25, -0.2) is 0 Å². The molecule has 168 valence electrons. The van der Waals surface area contributed by atoms with Gasteiger partial charge in [0.2, 0.25) is 5.91 Å². The Hall–Kier alpha value is -3.15. The molecule has 2 aromatic carbocycles. The Morgan fingerprint density at radius 3 is 2.50 bits per heavy atom. The fraction of sp³-hybridized carbons (Fsp3) is 0.423. The first-order chi connectivity index (χ1) is 15.5. The zero-order valence-electron chi connectivity index (χ0n) is 18.5. The lowest BCUT2D eigenvalue weighted by molar-refractivity contribution is -0.157. The highest BCUT2D eigenvalue weighted by atomic mass is 16.5. The minimum Gasteiger partial charge on any atom is -0.455 e. The lowest BCUT2D eigenvalue weighted by atomic mass is 9.78. The summed E-state index contributed by atoms with van der Waals surface area (Å²) >= 11 is 0. The van der Waals surface area contributed by atoms with Crippen molar-refractivity contribution in [2.24, 2.45) is 11.8 Å². The second-order valence-corrected chi connectivity index (χ2v) is 8.74. The van der Waals surface area contributed by atoms with Crippen LogP contribution in [0.4, 0.5) is 5.69 Å². The first kappa shape index (κ1) is 22.1. The van der Waals surface area contributed by atoms with Gasteiger partial charge in [-0.15, -0.1) is 0 Å². The largest absolute Gasteiger partial charge is 0.455 e. The van der Waals surface area contributed by atoms with Crippen LogP contribution in [0.1, 0.15) is 42.4 Å². The van der Waals surface area contributed by atoms with E-state index in [0.717, 1.165) is 36.1 Å². The Balaban J connectivity index is 1.32. The summed E-state index contributed by atoms with van der Waals surface area (Å²) in [6.07, 6.45) is 3.95. The van der Waals surface area contributed by atoms with Crippen molar-refractivity contribution in [3.8, 4) is 0 Å². The fourth-order valence-corrected chi connectivity index (χ4v) is 4.68. The van der Waals surface area contributed by atoms with E-state index in [4.69, 9.17) is 4.74 Å². The third-order valence-corrected chi connectivity index (χ3v) is 6.49. The SMILES string of the molecule is Cc1ccc(CNC(=O)COC(=O)C2CCCCC2C(=O)N2CCc3ccccc32)cc1. The van der Waals surface area contributed by atoms with Gasteiger partial charge in [-0.3, -0.25) is 14.4 Å². The van der Waals surface area contributed by atoms with E-state index in [2.05, 4.69) is 5.32 Å². The summed E-state index contributed by atoms with van der Waals surface area (Å²) in [7, 11) is 0. The van der Waals surface area contributed by atoms with E-state index in [1.807, 2.05) is 60.4 Å². The van der Waals surface area contributed by atoms with E-state index in [1.54, 1.807) is 0 Å². The minimum absolute atomic E-state index is 0.000391. The molecule has 0 bridgehead atoms. The maximum absolute atomic E-state index is 13.3. The Morgan fingerprint density at radius 2 is 1.72 bits per heavy atom. The van der Waals surface area contributed by atoms with Crippen LogP contribution in [0.2, 0.25) is 0 Å². The standard InChI is InChI=1S/C26H30N2O4/c1-18-10-12-19(13-11-18)16-27-24(29)17-32-26(31)22-8-4-3-7-21(22)25(30)28-15-14-20-6-2-5-9-23(20)28/h2,5-6,9-13,21-22H,3-4,7-8,14-17H2,1H3,(H,27,29). The molecule has 6 heteroatoms. The number of amides is 2. The van der Waals surface area contributed by atoms with Gasteiger partial charge in [0.15, 0.2) is 6.61 Å². The van der Waals surface area contributed by atoms with E-state index in [0.29, 0.717) is 25.9 Å². The van der Waals surface area contributed by atoms with E-state index in [1.165, 1.54) is 5.56 Å². The molecule has 1 N–H and O–H groups in total. The lowest BCUT2D eigenvalue weighted by Crippen LogP contribution is -2.43. The Labute approximate surface area is 188 Å².